The molecule has 1 saturated heterocycles. The van der Waals surface area contributed by atoms with Crippen molar-refractivity contribution < 1.29 is 9.00 Å². The van der Waals surface area contributed by atoms with Crippen LogP contribution in [-0.4, -0.2) is 57.6 Å². The molecule has 1 unspecified atom stereocenters. The van der Waals surface area contributed by atoms with Gasteiger partial charge in [0, 0.05) is 43.2 Å². The van der Waals surface area contributed by atoms with E-state index in [1.54, 1.807) is 27.7 Å². The molecule has 40 heavy (non-hydrogen) atoms. The van der Waals surface area contributed by atoms with E-state index in [9.17, 15) is 9.00 Å². The van der Waals surface area contributed by atoms with Gasteiger partial charge in [-0.05, 0) is 49.9 Å². The molecule has 3 aromatic heterocycles. The predicted molar refractivity (Wildman–Crippen MR) is 156 cm³/mol. The van der Waals surface area contributed by atoms with Crippen LogP contribution in [0.3, 0.4) is 0 Å². The van der Waals surface area contributed by atoms with Gasteiger partial charge in [0.1, 0.15) is 11.4 Å². The van der Waals surface area contributed by atoms with Crippen LogP contribution in [0.15, 0.2) is 85.3 Å². The average molecular weight is 554 g/mol. The molecule has 0 saturated carbocycles. The van der Waals surface area contributed by atoms with Crippen molar-refractivity contribution in [2.45, 2.75) is 32.1 Å². The third-order valence-electron chi connectivity index (χ3n) is 7.34. The van der Waals surface area contributed by atoms with E-state index in [1.807, 2.05) is 55.5 Å². The highest BCUT2D eigenvalue weighted by molar-refractivity contribution is 7.82. The molecule has 9 nitrogen and oxygen atoms in total. The largest absolute Gasteiger partial charge is 0.306 e. The molecule has 0 radical (unpaired) electrons. The van der Waals surface area contributed by atoms with Crippen LogP contribution in [0.25, 0.3) is 11.3 Å². The number of rotatable bonds is 8. The van der Waals surface area contributed by atoms with Crippen LogP contribution in [-0.2, 0) is 17.4 Å². The molecular weight excluding hydrogens is 522 g/mol. The predicted octanol–water partition coefficient (Wildman–Crippen LogP) is 4.56. The first kappa shape index (κ1) is 26.1. The van der Waals surface area contributed by atoms with Crippen LogP contribution in [0.5, 0.6) is 0 Å². The summed E-state index contributed by atoms with van der Waals surface area (Å²) in [6.07, 6.45) is 7.44. The number of fused-ring (bicyclic) bond motifs is 1. The SMILES string of the molecule is Cc1ccc(-n2nc(C3CCN(S(=O)CCc4ccccc4)CC3)cc2NC(=O)c2cnn3cccnc23)cc1. The lowest BCUT2D eigenvalue weighted by Gasteiger charge is -2.30. The zero-order valence-corrected chi connectivity index (χ0v) is 23.1. The van der Waals surface area contributed by atoms with E-state index in [4.69, 9.17) is 5.10 Å². The zero-order valence-electron chi connectivity index (χ0n) is 22.3. The van der Waals surface area contributed by atoms with Crippen LogP contribution < -0.4 is 5.32 Å². The number of hydrogen-bond donors (Lipinski definition) is 1. The van der Waals surface area contributed by atoms with E-state index in [1.165, 1.54) is 11.8 Å². The summed E-state index contributed by atoms with van der Waals surface area (Å²) in [5, 5.41) is 12.2. The minimum Gasteiger partial charge on any atom is -0.306 e. The van der Waals surface area contributed by atoms with E-state index in [0.29, 0.717) is 22.8 Å². The first-order valence-electron chi connectivity index (χ1n) is 13.5. The number of aromatic nitrogens is 5. The second kappa shape index (κ2) is 11.5. The van der Waals surface area contributed by atoms with E-state index >= 15 is 0 Å². The van der Waals surface area contributed by atoms with Crippen LogP contribution in [0.1, 0.15) is 45.9 Å². The van der Waals surface area contributed by atoms with Crippen LogP contribution in [0.2, 0.25) is 0 Å². The number of benzene rings is 2. The summed E-state index contributed by atoms with van der Waals surface area (Å²) in [4.78, 5) is 17.6. The number of carbonyl (C=O) groups excluding carboxylic acids is 1. The van der Waals surface area contributed by atoms with Crippen molar-refractivity contribution in [2.24, 2.45) is 0 Å². The van der Waals surface area contributed by atoms with Gasteiger partial charge in [-0.2, -0.15) is 10.2 Å². The molecule has 0 aliphatic carbocycles. The summed E-state index contributed by atoms with van der Waals surface area (Å²) in [6, 6.07) is 22.0. The van der Waals surface area contributed by atoms with E-state index in [0.717, 1.165) is 49.3 Å². The fourth-order valence-electron chi connectivity index (χ4n) is 5.08. The summed E-state index contributed by atoms with van der Waals surface area (Å²) in [5.41, 5.74) is 5.03. The molecule has 204 valence electrons. The summed E-state index contributed by atoms with van der Waals surface area (Å²) in [5.74, 6) is 1.14. The summed E-state index contributed by atoms with van der Waals surface area (Å²) in [7, 11) is -1.01. The lowest BCUT2D eigenvalue weighted by Crippen LogP contribution is -2.36. The fourth-order valence-corrected chi connectivity index (χ4v) is 6.36. The van der Waals surface area contributed by atoms with Crippen molar-refractivity contribution in [1.29, 1.82) is 0 Å². The maximum absolute atomic E-state index is 13.3. The Kier molecular flexibility index (Phi) is 7.52. The molecule has 1 fully saturated rings. The lowest BCUT2D eigenvalue weighted by atomic mass is 9.95. The molecule has 10 heteroatoms. The van der Waals surface area contributed by atoms with Gasteiger partial charge in [-0.25, -0.2) is 22.7 Å². The monoisotopic (exact) mass is 553 g/mol. The van der Waals surface area contributed by atoms with Gasteiger partial charge in [-0.15, -0.1) is 0 Å². The highest BCUT2D eigenvalue weighted by atomic mass is 32.2. The van der Waals surface area contributed by atoms with Crippen molar-refractivity contribution in [3.63, 3.8) is 0 Å². The Morgan fingerprint density at radius 1 is 1.05 bits per heavy atom. The number of anilines is 1. The van der Waals surface area contributed by atoms with Gasteiger partial charge in [-0.1, -0.05) is 48.0 Å². The Hall–Kier alpha value is -4.15. The maximum atomic E-state index is 13.3. The van der Waals surface area contributed by atoms with Crippen LogP contribution >= 0.6 is 0 Å². The number of nitrogens with one attached hydrogen (secondary N) is 1. The number of aryl methyl sites for hydroxylation is 2. The Labute approximate surface area is 235 Å². The second-order valence-electron chi connectivity index (χ2n) is 10.1. The maximum Gasteiger partial charge on any atom is 0.262 e. The normalized spacial score (nSPS) is 15.3. The Morgan fingerprint density at radius 2 is 1.82 bits per heavy atom. The molecule has 0 spiro atoms. The third kappa shape index (κ3) is 5.59. The van der Waals surface area contributed by atoms with Gasteiger partial charge in [-0.3, -0.25) is 4.79 Å². The standard InChI is InChI=1S/C30H31N7O2S/c1-22-8-10-25(11-9-22)37-28(33-30(38)26-21-32-36-16-5-15-31-29(26)36)20-27(34-37)24-12-17-35(18-13-24)40(39)19-14-23-6-3-2-4-7-23/h2-11,15-16,20-21,24H,12-14,17-19H2,1H3,(H,33,38). The Morgan fingerprint density at radius 3 is 2.60 bits per heavy atom. The van der Waals surface area contributed by atoms with Gasteiger partial charge < -0.3 is 5.32 Å². The molecule has 2 aromatic carbocycles. The van der Waals surface area contributed by atoms with E-state index < -0.39 is 11.0 Å². The van der Waals surface area contributed by atoms with Gasteiger partial charge in [0.2, 0.25) is 0 Å². The molecule has 1 aliphatic heterocycles. The molecule has 1 N–H and O–H groups in total. The molecule has 1 aliphatic rings. The smallest absolute Gasteiger partial charge is 0.262 e. The quantitative estimate of drug-likeness (QED) is 0.304. The number of nitrogens with zero attached hydrogens (tertiary/aromatic N) is 6. The van der Waals surface area contributed by atoms with Crippen molar-refractivity contribution in [2.75, 3.05) is 24.2 Å². The van der Waals surface area contributed by atoms with Crippen molar-refractivity contribution in [1.82, 2.24) is 28.7 Å². The minimum absolute atomic E-state index is 0.211. The lowest BCUT2D eigenvalue weighted by molar-refractivity contribution is 0.102. The van der Waals surface area contributed by atoms with Gasteiger partial charge in [0.25, 0.3) is 5.91 Å². The number of amides is 1. The van der Waals surface area contributed by atoms with E-state index in [-0.39, 0.29) is 11.8 Å². The fraction of sp³-hybridized carbons (Fsp3) is 0.267. The molecule has 6 rings (SSSR count). The van der Waals surface area contributed by atoms with Crippen molar-refractivity contribution in [3.8, 4) is 5.69 Å². The zero-order chi connectivity index (χ0) is 27.5. The molecule has 4 heterocycles. The number of piperidine rings is 1. The highest BCUT2D eigenvalue weighted by Crippen LogP contribution is 2.31. The third-order valence-corrected chi connectivity index (χ3v) is 8.84. The molecule has 1 amide bonds. The van der Waals surface area contributed by atoms with Crippen LogP contribution in [0.4, 0.5) is 5.82 Å². The molecule has 5 aromatic rings. The first-order chi connectivity index (χ1) is 19.5. The van der Waals surface area contributed by atoms with Crippen molar-refractivity contribution in [3.05, 3.63) is 108 Å². The summed E-state index contributed by atoms with van der Waals surface area (Å²) in [6.45, 7) is 3.54. The molecular formula is C30H31N7O2S. The van der Waals surface area contributed by atoms with Gasteiger partial charge in [0.15, 0.2) is 5.65 Å². The minimum atomic E-state index is -1.01. The summed E-state index contributed by atoms with van der Waals surface area (Å²) < 4.78 is 18.4. The number of hydrogen-bond acceptors (Lipinski definition) is 5. The van der Waals surface area contributed by atoms with Gasteiger partial charge >= 0.3 is 0 Å². The molecule has 0 bridgehead atoms. The highest BCUT2D eigenvalue weighted by Gasteiger charge is 2.27. The number of carbonyl (C=O) groups is 1. The Bertz CT molecular complexity index is 1640. The van der Waals surface area contributed by atoms with Crippen LogP contribution in [0, 0.1) is 6.92 Å². The summed E-state index contributed by atoms with van der Waals surface area (Å²) >= 11 is 0. The first-order valence-corrected chi connectivity index (χ1v) is 14.8. The Balaban J connectivity index is 1.18. The second-order valence-corrected chi connectivity index (χ2v) is 11.6. The van der Waals surface area contributed by atoms with Gasteiger partial charge in [0.05, 0.1) is 28.6 Å². The molecule has 1 atom stereocenters. The topological polar surface area (TPSA) is 97.4 Å². The van der Waals surface area contributed by atoms with Crippen molar-refractivity contribution >= 4 is 28.4 Å². The average Bonchev–Trinajstić information content (AvgIpc) is 3.62. The van der Waals surface area contributed by atoms with E-state index in [2.05, 4.69) is 31.8 Å².